The minimum absolute atomic E-state index is 0.314. The smallest absolute Gasteiger partial charge is 0.0873 e. The van der Waals surface area contributed by atoms with Crippen molar-refractivity contribution in [3.63, 3.8) is 0 Å². The average Bonchev–Trinajstić information content (AvgIpc) is 2.87. The molecule has 0 aliphatic carbocycles. The third-order valence-corrected chi connectivity index (χ3v) is 8.19. The van der Waals surface area contributed by atoms with E-state index in [1.54, 1.807) is 0 Å². The Kier molecular flexibility index (Phi) is 32.2. The topological polar surface area (TPSA) is 58.9 Å². The van der Waals surface area contributed by atoms with Gasteiger partial charge in [0.25, 0.3) is 0 Å². The second-order valence-corrected chi connectivity index (χ2v) is 12.2. The van der Waals surface area contributed by atoms with E-state index in [9.17, 15) is 10.2 Å². The zero-order chi connectivity index (χ0) is 26.4. The molecule has 0 fully saturated rings. The van der Waals surface area contributed by atoms with Gasteiger partial charge in [0, 0.05) is 11.5 Å². The SMILES string of the molecule is CCCCCCCCSOCC(O)CCCCCCCCCCC(O)COSCCCCCCCC. The van der Waals surface area contributed by atoms with E-state index in [2.05, 4.69) is 13.8 Å². The Hall–Kier alpha value is 0.540. The van der Waals surface area contributed by atoms with Crippen LogP contribution in [0.5, 0.6) is 0 Å². The van der Waals surface area contributed by atoms with Crippen LogP contribution in [0.15, 0.2) is 0 Å². The highest BCUT2D eigenvalue weighted by molar-refractivity contribution is 7.94. The van der Waals surface area contributed by atoms with Crippen LogP contribution in [-0.4, -0.2) is 47.1 Å². The van der Waals surface area contributed by atoms with Gasteiger partial charge in [-0.05, 0) is 49.8 Å². The molecule has 6 heteroatoms. The summed E-state index contributed by atoms with van der Waals surface area (Å²) in [5.74, 6) is 2.09. The van der Waals surface area contributed by atoms with Crippen LogP contribution in [0.4, 0.5) is 0 Å². The van der Waals surface area contributed by atoms with E-state index in [0.29, 0.717) is 13.2 Å². The van der Waals surface area contributed by atoms with Crippen LogP contribution >= 0.6 is 24.1 Å². The van der Waals surface area contributed by atoms with E-state index in [4.69, 9.17) is 8.37 Å². The van der Waals surface area contributed by atoms with E-state index in [0.717, 1.165) is 37.2 Å². The highest BCUT2D eigenvalue weighted by Crippen LogP contribution is 2.16. The van der Waals surface area contributed by atoms with E-state index in [1.165, 1.54) is 140 Å². The minimum atomic E-state index is -0.314. The maximum Gasteiger partial charge on any atom is 0.0873 e. The maximum absolute atomic E-state index is 10.1. The Morgan fingerprint density at radius 2 is 0.750 bits per heavy atom. The Labute approximate surface area is 234 Å². The normalized spacial score (nSPS) is 13.3. The number of aliphatic hydroxyl groups is 2. The third-order valence-electron chi connectivity index (χ3n) is 6.67. The molecule has 0 aromatic rings. The third kappa shape index (κ3) is 30.8. The molecule has 36 heavy (non-hydrogen) atoms. The fraction of sp³-hybridized carbons (Fsp3) is 1.00. The fourth-order valence-corrected chi connectivity index (χ4v) is 5.63. The van der Waals surface area contributed by atoms with Crippen molar-refractivity contribution in [2.75, 3.05) is 24.7 Å². The van der Waals surface area contributed by atoms with Gasteiger partial charge in [-0.1, -0.05) is 129 Å². The quantitative estimate of drug-likeness (QED) is 0.0662. The second kappa shape index (κ2) is 31.8. The van der Waals surface area contributed by atoms with Gasteiger partial charge in [0.15, 0.2) is 0 Å². The van der Waals surface area contributed by atoms with Crippen LogP contribution in [0.25, 0.3) is 0 Å². The van der Waals surface area contributed by atoms with Gasteiger partial charge in [0.2, 0.25) is 0 Å². The molecule has 0 saturated carbocycles. The summed E-state index contributed by atoms with van der Waals surface area (Å²) < 4.78 is 11.1. The molecular weight excluding hydrogens is 488 g/mol. The van der Waals surface area contributed by atoms with Gasteiger partial charge in [-0.25, -0.2) is 0 Å². The number of hydrogen-bond acceptors (Lipinski definition) is 6. The number of rotatable bonds is 31. The van der Waals surface area contributed by atoms with Gasteiger partial charge >= 0.3 is 0 Å². The van der Waals surface area contributed by atoms with Crippen molar-refractivity contribution in [3.05, 3.63) is 0 Å². The van der Waals surface area contributed by atoms with E-state index in [1.807, 2.05) is 0 Å². The minimum Gasteiger partial charge on any atom is -0.391 e. The second-order valence-electron chi connectivity index (χ2n) is 10.5. The molecule has 0 aliphatic rings. The molecule has 0 rings (SSSR count). The summed E-state index contributed by atoms with van der Waals surface area (Å²) in [6.45, 7) is 5.44. The molecule has 0 radical (unpaired) electrons. The molecule has 0 heterocycles. The number of aliphatic hydroxyl groups excluding tert-OH is 2. The molecule has 0 aromatic carbocycles. The molecule has 0 amide bonds. The van der Waals surface area contributed by atoms with E-state index >= 15 is 0 Å². The van der Waals surface area contributed by atoms with Crippen LogP contribution in [0, 0.1) is 0 Å². The molecule has 0 aliphatic heterocycles. The van der Waals surface area contributed by atoms with Gasteiger partial charge < -0.3 is 18.6 Å². The molecule has 0 spiro atoms. The molecule has 0 bridgehead atoms. The molecule has 0 aromatic heterocycles. The summed E-state index contributed by atoms with van der Waals surface area (Å²) >= 11 is 3.06. The standard InChI is InChI=1S/C30H62O4S2/c1-3-5-7-9-17-21-25-35-33-27-29(31)23-19-15-13-11-12-14-16-20-24-30(32)28-34-36-26-22-18-10-8-6-4-2/h29-32H,3-28H2,1-2H3. The monoisotopic (exact) mass is 550 g/mol. The zero-order valence-electron chi connectivity index (χ0n) is 24.1. The van der Waals surface area contributed by atoms with E-state index in [-0.39, 0.29) is 12.2 Å². The van der Waals surface area contributed by atoms with Crippen molar-refractivity contribution in [1.29, 1.82) is 0 Å². The fourth-order valence-electron chi connectivity index (χ4n) is 4.24. The molecule has 2 N–H and O–H groups in total. The maximum atomic E-state index is 10.1. The predicted molar refractivity (Wildman–Crippen MR) is 162 cm³/mol. The van der Waals surface area contributed by atoms with Gasteiger partial charge in [0.05, 0.1) is 25.4 Å². The lowest BCUT2D eigenvalue weighted by atomic mass is 10.0. The predicted octanol–water partition coefficient (Wildman–Crippen LogP) is 9.66. The molecule has 2 unspecified atom stereocenters. The van der Waals surface area contributed by atoms with Crippen molar-refractivity contribution in [1.82, 2.24) is 0 Å². The van der Waals surface area contributed by atoms with Gasteiger partial charge in [-0.2, -0.15) is 0 Å². The molecule has 218 valence electrons. The highest BCUT2D eigenvalue weighted by Gasteiger charge is 2.06. The molecule has 0 saturated heterocycles. The zero-order valence-corrected chi connectivity index (χ0v) is 25.7. The van der Waals surface area contributed by atoms with Crippen molar-refractivity contribution >= 4 is 24.1 Å². The Morgan fingerprint density at radius 3 is 1.11 bits per heavy atom. The first-order chi connectivity index (χ1) is 17.7. The van der Waals surface area contributed by atoms with Crippen molar-refractivity contribution in [2.24, 2.45) is 0 Å². The van der Waals surface area contributed by atoms with Gasteiger partial charge in [-0.15, -0.1) is 0 Å². The van der Waals surface area contributed by atoms with Crippen LogP contribution in [0.2, 0.25) is 0 Å². The average molecular weight is 551 g/mol. The Morgan fingerprint density at radius 1 is 0.444 bits per heavy atom. The van der Waals surface area contributed by atoms with Crippen molar-refractivity contribution in [2.45, 2.75) is 167 Å². The molecule has 2 atom stereocenters. The Bertz CT molecular complexity index is 365. The summed E-state index contributed by atoms with van der Waals surface area (Å²) in [6, 6.07) is 0. The van der Waals surface area contributed by atoms with Crippen LogP contribution < -0.4 is 0 Å². The van der Waals surface area contributed by atoms with Crippen LogP contribution in [0.3, 0.4) is 0 Å². The molecular formula is C30H62O4S2. The van der Waals surface area contributed by atoms with Gasteiger partial charge in [-0.3, -0.25) is 0 Å². The molecule has 4 nitrogen and oxygen atoms in total. The van der Waals surface area contributed by atoms with Gasteiger partial charge in [0.1, 0.15) is 0 Å². The van der Waals surface area contributed by atoms with Crippen molar-refractivity contribution in [3.8, 4) is 0 Å². The number of hydrogen-bond donors (Lipinski definition) is 2. The lowest BCUT2D eigenvalue weighted by Crippen LogP contribution is -2.13. The number of unbranched alkanes of at least 4 members (excludes halogenated alkanes) is 17. The van der Waals surface area contributed by atoms with Crippen molar-refractivity contribution < 1.29 is 18.6 Å². The first kappa shape index (κ1) is 36.5. The first-order valence-corrected chi connectivity index (χ1v) is 17.4. The van der Waals surface area contributed by atoms with E-state index < -0.39 is 0 Å². The van der Waals surface area contributed by atoms with Crippen LogP contribution in [0.1, 0.15) is 155 Å². The lowest BCUT2D eigenvalue weighted by Gasteiger charge is -2.11. The summed E-state index contributed by atoms with van der Waals surface area (Å²) in [6.07, 6.45) is 26.5. The largest absolute Gasteiger partial charge is 0.391 e. The summed E-state index contributed by atoms with van der Waals surface area (Å²) in [4.78, 5) is 0. The summed E-state index contributed by atoms with van der Waals surface area (Å²) in [5, 5.41) is 20.1. The summed E-state index contributed by atoms with van der Waals surface area (Å²) in [5.41, 5.74) is 0. The first-order valence-electron chi connectivity index (χ1n) is 15.6. The summed E-state index contributed by atoms with van der Waals surface area (Å²) in [7, 11) is 0. The lowest BCUT2D eigenvalue weighted by molar-refractivity contribution is 0.107. The highest BCUT2D eigenvalue weighted by atomic mass is 32.2. The Balaban J connectivity index is 3.22. The van der Waals surface area contributed by atoms with Crippen LogP contribution in [-0.2, 0) is 8.37 Å².